The second-order valence-corrected chi connectivity index (χ2v) is 6.99. The van der Waals surface area contributed by atoms with Crippen molar-refractivity contribution in [2.24, 2.45) is 0 Å². The normalized spacial score (nSPS) is 10.9. The summed E-state index contributed by atoms with van der Waals surface area (Å²) in [5, 5.41) is 13.0. The first-order valence-electron chi connectivity index (χ1n) is 7.46. The van der Waals surface area contributed by atoms with E-state index < -0.39 is 0 Å². The third-order valence-electron chi connectivity index (χ3n) is 3.43. The zero-order valence-corrected chi connectivity index (χ0v) is 15.3. The first-order chi connectivity index (χ1) is 12.3. The molecule has 2 aromatic carbocycles. The molecule has 0 bridgehead atoms. The Morgan fingerprint density at radius 2 is 1.96 bits per heavy atom. The van der Waals surface area contributed by atoms with Gasteiger partial charge in [-0.05, 0) is 24.3 Å². The molecule has 0 saturated carbocycles. The Balaban J connectivity index is 1.49. The average molecular weight is 414 g/mol. The third kappa shape index (κ3) is 3.64. The molecule has 0 unspecified atom stereocenters. The van der Waals surface area contributed by atoms with Crippen molar-refractivity contribution in [2.75, 3.05) is 0 Å². The van der Waals surface area contributed by atoms with Crippen molar-refractivity contribution in [2.45, 2.75) is 10.9 Å². The van der Waals surface area contributed by atoms with Gasteiger partial charge in [0, 0.05) is 15.7 Å². The van der Waals surface area contributed by atoms with E-state index in [1.165, 1.54) is 11.8 Å². The summed E-state index contributed by atoms with van der Waals surface area (Å²) in [6.07, 6.45) is 1.69. The molecule has 0 atom stereocenters. The summed E-state index contributed by atoms with van der Waals surface area (Å²) in [6.45, 7) is 0. The maximum absolute atomic E-state index is 5.35. The first-order valence-corrected chi connectivity index (χ1v) is 9.24. The number of para-hydroxylation sites is 1. The number of nitrogens with zero attached hydrogens (tertiary/aromatic N) is 5. The van der Waals surface area contributed by atoms with E-state index >= 15 is 0 Å². The molecule has 0 aliphatic rings. The van der Waals surface area contributed by atoms with Gasteiger partial charge in [-0.15, -0.1) is 10.2 Å². The Kier molecular flexibility index (Phi) is 4.62. The lowest BCUT2D eigenvalue weighted by Crippen LogP contribution is -1.94. The van der Waals surface area contributed by atoms with Crippen LogP contribution in [-0.2, 0) is 5.75 Å². The highest BCUT2D eigenvalue weighted by Gasteiger charge is 2.12. The number of halogens is 1. The minimum atomic E-state index is 0.520. The van der Waals surface area contributed by atoms with Crippen molar-refractivity contribution < 1.29 is 4.52 Å². The quantitative estimate of drug-likeness (QED) is 0.452. The van der Waals surface area contributed by atoms with Gasteiger partial charge in [0.05, 0.1) is 5.75 Å². The Hall–Kier alpha value is -2.45. The van der Waals surface area contributed by atoms with Crippen LogP contribution in [0.15, 0.2) is 75.1 Å². The summed E-state index contributed by atoms with van der Waals surface area (Å²) in [5.74, 6) is 1.64. The molecular formula is C17H12BrN5OS. The van der Waals surface area contributed by atoms with Gasteiger partial charge in [0.1, 0.15) is 6.33 Å². The summed E-state index contributed by atoms with van der Waals surface area (Å²) in [6, 6.07) is 17.7. The van der Waals surface area contributed by atoms with Crippen molar-refractivity contribution >= 4 is 27.7 Å². The van der Waals surface area contributed by atoms with Crippen molar-refractivity contribution in [3.63, 3.8) is 0 Å². The predicted molar refractivity (Wildman–Crippen MR) is 98.4 cm³/mol. The highest BCUT2D eigenvalue weighted by molar-refractivity contribution is 9.10. The molecule has 4 aromatic rings. The van der Waals surface area contributed by atoms with Crippen LogP contribution in [0.3, 0.4) is 0 Å². The predicted octanol–water partition coefficient (Wildman–Crippen LogP) is 4.37. The van der Waals surface area contributed by atoms with Crippen LogP contribution in [-0.4, -0.2) is 24.9 Å². The Bertz CT molecular complexity index is 985. The number of thioether (sulfide) groups is 1. The fourth-order valence-corrected chi connectivity index (χ4v) is 3.44. The number of hydrogen-bond donors (Lipinski definition) is 0. The first kappa shape index (κ1) is 16.0. The van der Waals surface area contributed by atoms with Crippen molar-refractivity contribution in [1.29, 1.82) is 0 Å². The molecule has 6 nitrogen and oxygen atoms in total. The fourth-order valence-electron chi connectivity index (χ4n) is 2.27. The highest BCUT2D eigenvalue weighted by atomic mass is 79.9. The maximum Gasteiger partial charge on any atom is 0.237 e. The topological polar surface area (TPSA) is 69.6 Å². The molecule has 0 amide bonds. The molecule has 4 rings (SSSR count). The summed E-state index contributed by atoms with van der Waals surface area (Å²) in [4.78, 5) is 4.45. The SMILES string of the molecule is Brc1cccc(-c2noc(CSc3nncn3-c3ccccc3)n2)c1. The molecule has 0 saturated heterocycles. The van der Waals surface area contributed by atoms with Crippen LogP contribution >= 0.6 is 27.7 Å². The van der Waals surface area contributed by atoms with Gasteiger partial charge in [-0.1, -0.05) is 63.2 Å². The van der Waals surface area contributed by atoms with Gasteiger partial charge in [0.15, 0.2) is 5.16 Å². The Morgan fingerprint density at radius 3 is 2.80 bits per heavy atom. The van der Waals surface area contributed by atoms with Gasteiger partial charge in [0.25, 0.3) is 0 Å². The summed E-state index contributed by atoms with van der Waals surface area (Å²) in [5.41, 5.74) is 1.91. The van der Waals surface area contributed by atoms with E-state index in [0.717, 1.165) is 20.9 Å². The fraction of sp³-hybridized carbons (Fsp3) is 0.0588. The maximum atomic E-state index is 5.35. The molecule has 0 fully saturated rings. The molecule has 124 valence electrons. The number of rotatable bonds is 5. The van der Waals surface area contributed by atoms with Crippen molar-refractivity contribution in [3.05, 3.63) is 71.3 Å². The van der Waals surface area contributed by atoms with E-state index in [2.05, 4.69) is 36.3 Å². The van der Waals surface area contributed by atoms with E-state index in [0.29, 0.717) is 17.5 Å². The van der Waals surface area contributed by atoms with Crippen LogP contribution in [0, 0.1) is 0 Å². The van der Waals surface area contributed by atoms with Gasteiger partial charge in [0.2, 0.25) is 11.7 Å². The zero-order valence-electron chi connectivity index (χ0n) is 12.9. The Labute approximate surface area is 156 Å². The van der Waals surface area contributed by atoms with E-state index in [1.807, 2.05) is 59.2 Å². The molecule has 0 radical (unpaired) electrons. The van der Waals surface area contributed by atoms with Gasteiger partial charge >= 0.3 is 0 Å². The highest BCUT2D eigenvalue weighted by Crippen LogP contribution is 2.25. The van der Waals surface area contributed by atoms with Crippen molar-refractivity contribution in [3.8, 4) is 17.1 Å². The molecule has 2 heterocycles. The zero-order chi connectivity index (χ0) is 17.1. The molecule has 2 aromatic heterocycles. The summed E-state index contributed by atoms with van der Waals surface area (Å²) < 4.78 is 8.25. The largest absolute Gasteiger partial charge is 0.338 e. The minimum Gasteiger partial charge on any atom is -0.338 e. The lowest BCUT2D eigenvalue weighted by Gasteiger charge is -2.04. The molecule has 25 heavy (non-hydrogen) atoms. The van der Waals surface area contributed by atoms with Gasteiger partial charge in [-0.2, -0.15) is 4.98 Å². The van der Waals surface area contributed by atoms with Crippen LogP contribution in [0.1, 0.15) is 5.89 Å². The average Bonchev–Trinajstić information content (AvgIpc) is 3.30. The van der Waals surface area contributed by atoms with Gasteiger partial charge < -0.3 is 4.52 Å². The number of benzene rings is 2. The van der Waals surface area contributed by atoms with Crippen LogP contribution < -0.4 is 0 Å². The summed E-state index contributed by atoms with van der Waals surface area (Å²) >= 11 is 4.94. The molecule has 8 heteroatoms. The summed E-state index contributed by atoms with van der Waals surface area (Å²) in [7, 11) is 0. The number of aromatic nitrogens is 5. The van der Waals surface area contributed by atoms with Crippen LogP contribution in [0.5, 0.6) is 0 Å². The molecule has 0 aliphatic heterocycles. The molecule has 0 aliphatic carbocycles. The minimum absolute atomic E-state index is 0.520. The lowest BCUT2D eigenvalue weighted by molar-refractivity contribution is 0.391. The monoisotopic (exact) mass is 413 g/mol. The molecular weight excluding hydrogens is 402 g/mol. The van der Waals surface area contributed by atoms with E-state index in [1.54, 1.807) is 6.33 Å². The third-order valence-corrected chi connectivity index (χ3v) is 4.85. The second kappa shape index (κ2) is 7.20. The standard InChI is InChI=1S/C17H12BrN5OS/c18-13-6-4-5-12(9-13)16-20-15(24-22-16)10-25-17-21-19-11-23(17)14-7-2-1-3-8-14/h1-9,11H,10H2. The van der Waals surface area contributed by atoms with Crippen LogP contribution in [0.4, 0.5) is 0 Å². The van der Waals surface area contributed by atoms with Gasteiger partial charge in [-0.3, -0.25) is 4.57 Å². The van der Waals surface area contributed by atoms with E-state index in [9.17, 15) is 0 Å². The smallest absolute Gasteiger partial charge is 0.237 e. The van der Waals surface area contributed by atoms with Gasteiger partial charge in [-0.25, -0.2) is 0 Å². The molecule has 0 spiro atoms. The molecule has 0 N–H and O–H groups in total. The Morgan fingerprint density at radius 1 is 1.08 bits per heavy atom. The van der Waals surface area contributed by atoms with Crippen LogP contribution in [0.2, 0.25) is 0 Å². The van der Waals surface area contributed by atoms with E-state index in [-0.39, 0.29) is 0 Å². The lowest BCUT2D eigenvalue weighted by atomic mass is 10.2. The number of hydrogen-bond acceptors (Lipinski definition) is 6. The van der Waals surface area contributed by atoms with E-state index in [4.69, 9.17) is 4.52 Å². The van der Waals surface area contributed by atoms with Crippen LogP contribution in [0.25, 0.3) is 17.1 Å². The second-order valence-electron chi connectivity index (χ2n) is 5.13. The van der Waals surface area contributed by atoms with Crippen molar-refractivity contribution in [1.82, 2.24) is 24.9 Å².